The van der Waals surface area contributed by atoms with Crippen molar-refractivity contribution in [3.63, 3.8) is 0 Å². The summed E-state index contributed by atoms with van der Waals surface area (Å²) in [4.78, 5) is 0. The van der Waals surface area contributed by atoms with Gasteiger partial charge >= 0.3 is 5.25 Å². The van der Waals surface area contributed by atoms with Gasteiger partial charge in [-0.05, 0) is 6.92 Å². The van der Waals surface area contributed by atoms with Crippen molar-refractivity contribution in [2.75, 3.05) is 0 Å². The third-order valence-electron chi connectivity index (χ3n) is 1.24. The molecule has 0 saturated heterocycles. The number of thiol groups is 1. The Morgan fingerprint density at radius 3 is 2.33 bits per heavy atom. The first kappa shape index (κ1) is 9.04. The SMILES string of the molecule is Cc1n[nH]nc1C(F)(F)[SH](=O)=O. The molecule has 0 radical (unpaired) electrons. The molecule has 0 aromatic carbocycles. The van der Waals surface area contributed by atoms with Gasteiger partial charge in [0.2, 0.25) is 10.7 Å². The highest BCUT2D eigenvalue weighted by Gasteiger charge is 2.40. The van der Waals surface area contributed by atoms with E-state index in [2.05, 4.69) is 10.2 Å². The molecular weight excluding hydrogens is 192 g/mol. The molecule has 5 nitrogen and oxygen atoms in total. The molecule has 12 heavy (non-hydrogen) atoms. The lowest BCUT2D eigenvalue weighted by molar-refractivity contribution is 0.0894. The summed E-state index contributed by atoms with van der Waals surface area (Å²) in [5, 5.41) is 4.29. The predicted molar refractivity (Wildman–Crippen MR) is 35.3 cm³/mol. The number of nitrogens with zero attached hydrogens (tertiary/aromatic N) is 2. The van der Waals surface area contributed by atoms with Gasteiger partial charge in [-0.15, -0.1) is 0 Å². The van der Waals surface area contributed by atoms with Crippen LogP contribution < -0.4 is 0 Å². The number of hydrogen-bond acceptors (Lipinski definition) is 4. The summed E-state index contributed by atoms with van der Waals surface area (Å²) in [6.45, 7) is 1.24. The van der Waals surface area contributed by atoms with E-state index >= 15 is 0 Å². The first-order chi connectivity index (χ1) is 5.46. The molecule has 68 valence electrons. The van der Waals surface area contributed by atoms with Gasteiger partial charge in [0.25, 0.3) is 0 Å². The van der Waals surface area contributed by atoms with Gasteiger partial charge in [0.05, 0.1) is 5.69 Å². The van der Waals surface area contributed by atoms with E-state index < -0.39 is 21.7 Å². The summed E-state index contributed by atoms with van der Waals surface area (Å²) < 4.78 is 45.5. The van der Waals surface area contributed by atoms with E-state index in [1.165, 1.54) is 6.92 Å². The van der Waals surface area contributed by atoms with E-state index in [-0.39, 0.29) is 5.69 Å². The number of alkyl halides is 2. The van der Waals surface area contributed by atoms with E-state index in [4.69, 9.17) is 0 Å². The van der Waals surface area contributed by atoms with Gasteiger partial charge in [0.15, 0.2) is 5.69 Å². The molecule has 0 aliphatic rings. The minimum absolute atomic E-state index is 0.126. The molecule has 1 N–H and O–H groups in total. The van der Waals surface area contributed by atoms with Gasteiger partial charge in [-0.25, -0.2) is 8.42 Å². The number of nitrogens with one attached hydrogen (secondary N) is 1. The fourth-order valence-corrected chi connectivity index (χ4v) is 1.04. The Kier molecular flexibility index (Phi) is 2.09. The van der Waals surface area contributed by atoms with Crippen LogP contribution in [0.1, 0.15) is 11.4 Å². The smallest absolute Gasteiger partial charge is 0.225 e. The van der Waals surface area contributed by atoms with E-state index in [1.54, 1.807) is 0 Å². The normalized spacial score (nSPS) is 12.3. The molecule has 1 rings (SSSR count). The number of aromatic amines is 1. The zero-order chi connectivity index (χ0) is 9.35. The lowest BCUT2D eigenvalue weighted by Crippen LogP contribution is -2.17. The van der Waals surface area contributed by atoms with Crippen molar-refractivity contribution in [1.29, 1.82) is 0 Å². The van der Waals surface area contributed by atoms with Gasteiger partial charge in [-0.2, -0.15) is 24.2 Å². The molecule has 0 amide bonds. The number of hydrogen-bond donors (Lipinski definition) is 2. The second-order valence-corrected chi connectivity index (χ2v) is 3.13. The molecule has 8 heteroatoms. The van der Waals surface area contributed by atoms with Crippen LogP contribution >= 0.6 is 0 Å². The maximum absolute atomic E-state index is 12.7. The van der Waals surface area contributed by atoms with Crippen LogP contribution in [-0.2, 0) is 16.0 Å². The maximum Gasteiger partial charge on any atom is 0.388 e. The summed E-state index contributed by atoms with van der Waals surface area (Å²) in [5.74, 6) is 0. The lowest BCUT2D eigenvalue weighted by Gasteiger charge is -2.04. The second kappa shape index (κ2) is 2.77. The van der Waals surface area contributed by atoms with Crippen molar-refractivity contribution < 1.29 is 17.2 Å². The topological polar surface area (TPSA) is 75.7 Å². The molecule has 0 saturated carbocycles. The quantitative estimate of drug-likeness (QED) is 0.642. The standard InChI is InChI=1S/C4H5F2N3O2S/c1-2-3(8-9-7-2)4(5,6)12(10)11/h12H,1H3,(H,7,8,9). The molecular formula is C4H5F2N3O2S. The van der Waals surface area contributed by atoms with Crippen molar-refractivity contribution >= 4 is 10.7 Å². The van der Waals surface area contributed by atoms with Crippen molar-refractivity contribution in [3.8, 4) is 0 Å². The highest BCUT2D eigenvalue weighted by molar-refractivity contribution is 7.73. The fourth-order valence-electron chi connectivity index (χ4n) is 0.655. The Morgan fingerprint density at radius 1 is 1.42 bits per heavy atom. The van der Waals surface area contributed by atoms with E-state index in [9.17, 15) is 17.2 Å². The van der Waals surface area contributed by atoms with Crippen molar-refractivity contribution in [1.82, 2.24) is 15.4 Å². The molecule has 0 aliphatic heterocycles. The predicted octanol–water partition coefficient (Wildman–Crippen LogP) is -0.226. The molecule has 1 aromatic heterocycles. The first-order valence-electron chi connectivity index (χ1n) is 2.86. The van der Waals surface area contributed by atoms with Crippen LogP contribution in [0, 0.1) is 6.92 Å². The number of H-pyrrole nitrogens is 1. The summed E-state index contributed by atoms with van der Waals surface area (Å²) >= 11 is 0. The van der Waals surface area contributed by atoms with Crippen LogP contribution in [-0.4, -0.2) is 23.8 Å². The van der Waals surface area contributed by atoms with Gasteiger partial charge in [0.1, 0.15) is 0 Å². The molecule has 0 bridgehead atoms. The zero-order valence-electron chi connectivity index (χ0n) is 5.91. The molecule has 0 spiro atoms. The van der Waals surface area contributed by atoms with Crippen LogP contribution in [0.4, 0.5) is 8.78 Å². The van der Waals surface area contributed by atoms with Crippen molar-refractivity contribution in [3.05, 3.63) is 11.4 Å². The van der Waals surface area contributed by atoms with Gasteiger partial charge in [0, 0.05) is 0 Å². The maximum atomic E-state index is 12.7. The van der Waals surface area contributed by atoms with Crippen LogP contribution in [0.2, 0.25) is 0 Å². The largest absolute Gasteiger partial charge is 0.388 e. The molecule has 0 unspecified atom stereocenters. The van der Waals surface area contributed by atoms with Crippen LogP contribution in [0.3, 0.4) is 0 Å². The highest BCUT2D eigenvalue weighted by atomic mass is 32.2. The average Bonchev–Trinajstić information content (AvgIpc) is 2.35. The molecule has 1 aromatic rings. The third kappa shape index (κ3) is 1.29. The number of rotatable bonds is 2. The van der Waals surface area contributed by atoms with E-state index in [0.717, 1.165) is 0 Å². The Labute approximate surface area is 67.7 Å². The lowest BCUT2D eigenvalue weighted by atomic mass is 10.3. The summed E-state index contributed by atoms with van der Waals surface area (Å²) in [6, 6.07) is 0. The van der Waals surface area contributed by atoms with E-state index in [1.807, 2.05) is 5.21 Å². The molecule has 1 heterocycles. The first-order valence-corrected chi connectivity index (χ1v) is 4.04. The van der Waals surface area contributed by atoms with Crippen LogP contribution in [0.5, 0.6) is 0 Å². The highest BCUT2D eigenvalue weighted by Crippen LogP contribution is 2.27. The number of aryl methyl sites for hydroxylation is 1. The monoisotopic (exact) mass is 197 g/mol. The van der Waals surface area contributed by atoms with Crippen molar-refractivity contribution in [2.45, 2.75) is 12.2 Å². The Balaban J connectivity index is 3.22. The number of halogens is 2. The Bertz CT molecular complexity index is 351. The van der Waals surface area contributed by atoms with Crippen molar-refractivity contribution in [2.24, 2.45) is 0 Å². The summed E-state index contributed by atoms with van der Waals surface area (Å²) in [6.07, 6.45) is 0. The minimum atomic E-state index is -3.94. The van der Waals surface area contributed by atoms with Gasteiger partial charge in [-0.1, -0.05) is 0 Å². The van der Waals surface area contributed by atoms with Gasteiger partial charge in [-0.3, -0.25) is 0 Å². The number of aromatic nitrogens is 3. The second-order valence-electron chi connectivity index (χ2n) is 2.06. The van der Waals surface area contributed by atoms with Gasteiger partial charge < -0.3 is 0 Å². The molecule has 0 atom stereocenters. The minimum Gasteiger partial charge on any atom is -0.225 e. The summed E-state index contributed by atoms with van der Waals surface area (Å²) in [7, 11) is -3.87. The zero-order valence-corrected chi connectivity index (χ0v) is 6.81. The van der Waals surface area contributed by atoms with E-state index in [0.29, 0.717) is 0 Å². The Hall–Kier alpha value is -1.05. The van der Waals surface area contributed by atoms with Crippen LogP contribution in [0.25, 0.3) is 0 Å². The average molecular weight is 197 g/mol. The molecule has 0 aliphatic carbocycles. The fraction of sp³-hybridized carbons (Fsp3) is 0.500. The summed E-state index contributed by atoms with van der Waals surface area (Å²) in [5.41, 5.74) is -0.974. The van der Waals surface area contributed by atoms with Crippen LogP contribution in [0.15, 0.2) is 0 Å². The molecule has 0 fully saturated rings. The Morgan fingerprint density at radius 2 is 2.00 bits per heavy atom. The third-order valence-corrected chi connectivity index (χ3v) is 1.91.